The van der Waals surface area contributed by atoms with E-state index in [9.17, 15) is 4.39 Å². The van der Waals surface area contributed by atoms with Crippen LogP contribution in [-0.4, -0.2) is 9.55 Å². The number of hydrogen-bond donors (Lipinski definition) is 1. The number of imidazole rings is 1. The van der Waals surface area contributed by atoms with Gasteiger partial charge < -0.3 is 10.3 Å². The molecule has 1 unspecified atom stereocenters. The molecule has 0 fully saturated rings. The summed E-state index contributed by atoms with van der Waals surface area (Å²) in [4.78, 5) is 4.21. The zero-order valence-corrected chi connectivity index (χ0v) is 10.9. The van der Waals surface area contributed by atoms with Crippen molar-refractivity contribution in [3.8, 4) is 0 Å². The van der Waals surface area contributed by atoms with Crippen molar-refractivity contribution in [1.82, 2.24) is 9.55 Å². The van der Waals surface area contributed by atoms with Gasteiger partial charge >= 0.3 is 0 Å². The molecule has 18 heavy (non-hydrogen) atoms. The summed E-state index contributed by atoms with van der Waals surface area (Å²) in [6, 6.07) is 4.07. The summed E-state index contributed by atoms with van der Waals surface area (Å²) in [6.07, 6.45) is 4.94. The fraction of sp³-hybridized carbons (Fsp3) is 0.308. The van der Waals surface area contributed by atoms with Gasteiger partial charge in [0.1, 0.15) is 11.6 Å². The van der Waals surface area contributed by atoms with Gasteiger partial charge in [-0.15, -0.1) is 0 Å². The van der Waals surface area contributed by atoms with Crippen LogP contribution in [0.3, 0.4) is 0 Å². The Labute approximate surface area is 110 Å². The van der Waals surface area contributed by atoms with E-state index in [1.807, 2.05) is 17.8 Å². The number of benzene rings is 1. The molecule has 0 spiro atoms. The highest BCUT2D eigenvalue weighted by Gasteiger charge is 2.13. The lowest BCUT2D eigenvalue weighted by Gasteiger charge is -2.13. The minimum atomic E-state index is -0.375. The van der Waals surface area contributed by atoms with E-state index in [-0.39, 0.29) is 11.9 Å². The SMILES string of the molecule is Cn1ccnc1CCC(N)c1cc(Cl)ccc1F. The molecule has 96 valence electrons. The quantitative estimate of drug-likeness (QED) is 0.926. The first kappa shape index (κ1) is 13.1. The average Bonchev–Trinajstić information content (AvgIpc) is 2.75. The smallest absolute Gasteiger partial charge is 0.128 e. The molecule has 0 radical (unpaired) electrons. The lowest BCUT2D eigenvalue weighted by atomic mass is 10.0. The van der Waals surface area contributed by atoms with Gasteiger partial charge in [-0.25, -0.2) is 9.37 Å². The van der Waals surface area contributed by atoms with Gasteiger partial charge in [-0.3, -0.25) is 0 Å². The zero-order valence-electron chi connectivity index (χ0n) is 10.1. The van der Waals surface area contributed by atoms with Crippen molar-refractivity contribution < 1.29 is 4.39 Å². The number of hydrogen-bond acceptors (Lipinski definition) is 2. The molecule has 0 saturated heterocycles. The number of nitrogens with zero attached hydrogens (tertiary/aromatic N) is 2. The van der Waals surface area contributed by atoms with Crippen molar-refractivity contribution in [3.05, 3.63) is 52.8 Å². The molecule has 0 aliphatic carbocycles. The van der Waals surface area contributed by atoms with E-state index in [1.165, 1.54) is 12.1 Å². The van der Waals surface area contributed by atoms with Crippen molar-refractivity contribution in [2.24, 2.45) is 12.8 Å². The van der Waals surface area contributed by atoms with Crippen molar-refractivity contribution in [2.45, 2.75) is 18.9 Å². The third-order valence-electron chi connectivity index (χ3n) is 2.96. The molecule has 3 nitrogen and oxygen atoms in total. The molecule has 0 saturated carbocycles. The second kappa shape index (κ2) is 5.50. The predicted octanol–water partition coefficient (Wildman–Crippen LogP) is 2.85. The van der Waals surface area contributed by atoms with E-state index in [0.717, 1.165) is 5.82 Å². The minimum absolute atomic E-state index is 0.313. The first-order valence-corrected chi connectivity index (χ1v) is 6.12. The van der Waals surface area contributed by atoms with E-state index < -0.39 is 0 Å². The highest BCUT2D eigenvalue weighted by atomic mass is 35.5. The molecular weight excluding hydrogens is 253 g/mol. The Morgan fingerprint density at radius 2 is 2.28 bits per heavy atom. The van der Waals surface area contributed by atoms with Gasteiger partial charge in [0.15, 0.2) is 0 Å². The van der Waals surface area contributed by atoms with Crippen molar-refractivity contribution >= 4 is 11.6 Å². The second-order valence-corrected chi connectivity index (χ2v) is 4.70. The van der Waals surface area contributed by atoms with Crippen LogP contribution in [0, 0.1) is 5.82 Å². The Morgan fingerprint density at radius 3 is 2.94 bits per heavy atom. The number of aryl methyl sites for hydroxylation is 2. The molecule has 2 rings (SSSR count). The Kier molecular flexibility index (Phi) is 3.99. The van der Waals surface area contributed by atoms with Gasteiger partial charge in [0.2, 0.25) is 0 Å². The van der Waals surface area contributed by atoms with Crippen LogP contribution >= 0.6 is 11.6 Å². The van der Waals surface area contributed by atoms with Gasteiger partial charge in [-0.2, -0.15) is 0 Å². The summed E-state index contributed by atoms with van der Waals surface area (Å²) in [5, 5.41) is 0.499. The van der Waals surface area contributed by atoms with Gasteiger partial charge in [-0.05, 0) is 24.6 Å². The number of nitrogens with two attached hydrogens (primary N) is 1. The summed E-state index contributed by atoms with van der Waals surface area (Å²) in [7, 11) is 1.92. The molecule has 0 aliphatic rings. The van der Waals surface area contributed by atoms with Crippen LogP contribution in [0.25, 0.3) is 0 Å². The van der Waals surface area contributed by atoms with Gasteiger partial charge in [0, 0.05) is 42.5 Å². The normalized spacial score (nSPS) is 12.7. The third kappa shape index (κ3) is 2.89. The lowest BCUT2D eigenvalue weighted by molar-refractivity contribution is 0.556. The topological polar surface area (TPSA) is 43.8 Å². The van der Waals surface area contributed by atoms with Crippen LogP contribution in [-0.2, 0) is 13.5 Å². The summed E-state index contributed by atoms with van der Waals surface area (Å²) < 4.78 is 15.5. The van der Waals surface area contributed by atoms with Crippen molar-refractivity contribution in [1.29, 1.82) is 0 Å². The van der Waals surface area contributed by atoms with E-state index >= 15 is 0 Å². The highest BCUT2D eigenvalue weighted by molar-refractivity contribution is 6.30. The van der Waals surface area contributed by atoms with E-state index in [1.54, 1.807) is 12.3 Å². The highest BCUT2D eigenvalue weighted by Crippen LogP contribution is 2.23. The molecule has 5 heteroatoms. The number of aromatic nitrogens is 2. The first-order chi connectivity index (χ1) is 8.58. The summed E-state index contributed by atoms with van der Waals surface area (Å²) in [6.45, 7) is 0. The standard InChI is InChI=1S/C13H15ClFN3/c1-18-7-6-17-13(18)5-4-12(16)10-8-9(14)2-3-11(10)15/h2-3,6-8,12H,4-5,16H2,1H3. The summed E-state index contributed by atoms with van der Waals surface area (Å²) in [5.74, 6) is 0.625. The van der Waals surface area contributed by atoms with Crippen LogP contribution in [0.4, 0.5) is 4.39 Å². The van der Waals surface area contributed by atoms with E-state index in [2.05, 4.69) is 4.98 Å². The molecule has 0 amide bonds. The van der Waals surface area contributed by atoms with Gasteiger partial charge in [-0.1, -0.05) is 11.6 Å². The first-order valence-electron chi connectivity index (χ1n) is 5.74. The Bertz CT molecular complexity index is 539. The molecule has 1 aromatic carbocycles. The average molecular weight is 268 g/mol. The lowest BCUT2D eigenvalue weighted by Crippen LogP contribution is -2.14. The fourth-order valence-corrected chi connectivity index (χ4v) is 2.06. The molecule has 0 aliphatic heterocycles. The van der Waals surface area contributed by atoms with Crippen molar-refractivity contribution in [3.63, 3.8) is 0 Å². The second-order valence-electron chi connectivity index (χ2n) is 4.27. The Hall–Kier alpha value is -1.39. The van der Waals surface area contributed by atoms with Crippen LogP contribution < -0.4 is 5.73 Å². The van der Waals surface area contributed by atoms with Crippen LogP contribution in [0.5, 0.6) is 0 Å². The predicted molar refractivity (Wildman–Crippen MR) is 69.9 cm³/mol. The Balaban J connectivity index is 2.06. The minimum Gasteiger partial charge on any atom is -0.338 e. The van der Waals surface area contributed by atoms with Gasteiger partial charge in [0.05, 0.1) is 0 Å². The third-order valence-corrected chi connectivity index (χ3v) is 3.19. The maximum Gasteiger partial charge on any atom is 0.128 e. The maximum atomic E-state index is 13.6. The molecule has 1 heterocycles. The van der Waals surface area contributed by atoms with Gasteiger partial charge in [0.25, 0.3) is 0 Å². The molecule has 2 N–H and O–H groups in total. The molecule has 1 aromatic heterocycles. The van der Waals surface area contributed by atoms with Crippen LogP contribution in [0.2, 0.25) is 5.02 Å². The number of rotatable bonds is 4. The number of halogens is 2. The molecule has 0 bridgehead atoms. The Morgan fingerprint density at radius 1 is 1.50 bits per heavy atom. The molecule has 1 atom stereocenters. The van der Waals surface area contributed by atoms with Crippen LogP contribution in [0.1, 0.15) is 23.9 Å². The van der Waals surface area contributed by atoms with E-state index in [4.69, 9.17) is 17.3 Å². The molecular formula is C13H15ClFN3. The van der Waals surface area contributed by atoms with Crippen molar-refractivity contribution in [2.75, 3.05) is 0 Å². The fourth-order valence-electron chi connectivity index (χ4n) is 1.88. The van der Waals surface area contributed by atoms with Crippen LogP contribution in [0.15, 0.2) is 30.6 Å². The maximum absolute atomic E-state index is 13.6. The summed E-state index contributed by atoms with van der Waals surface area (Å²) in [5.41, 5.74) is 6.45. The summed E-state index contributed by atoms with van der Waals surface area (Å²) >= 11 is 5.85. The molecule has 2 aromatic rings. The monoisotopic (exact) mass is 267 g/mol. The van der Waals surface area contributed by atoms with E-state index in [0.29, 0.717) is 23.4 Å². The largest absolute Gasteiger partial charge is 0.338 e. The zero-order chi connectivity index (χ0) is 13.1.